The highest BCUT2D eigenvalue weighted by molar-refractivity contribution is 5.85. The highest BCUT2D eigenvalue weighted by Crippen LogP contribution is 2.23. The zero-order valence-electron chi connectivity index (χ0n) is 14.3. The third-order valence-corrected chi connectivity index (χ3v) is 3.53. The van der Waals surface area contributed by atoms with Gasteiger partial charge in [0.1, 0.15) is 11.9 Å². The van der Waals surface area contributed by atoms with Crippen LogP contribution in [0.25, 0.3) is 10.9 Å². The molecule has 0 spiro atoms. The van der Waals surface area contributed by atoms with Gasteiger partial charge in [-0.05, 0) is 45.4 Å². The summed E-state index contributed by atoms with van der Waals surface area (Å²) in [6.07, 6.45) is 2.60. The van der Waals surface area contributed by atoms with E-state index in [4.69, 9.17) is 4.74 Å². The smallest absolute Gasteiger partial charge is 0.408 e. The summed E-state index contributed by atoms with van der Waals surface area (Å²) in [7, 11) is 1.97. The van der Waals surface area contributed by atoms with Crippen molar-refractivity contribution in [1.29, 1.82) is 0 Å². The lowest BCUT2D eigenvalue weighted by atomic mass is 10.0. The van der Waals surface area contributed by atoms with Crippen molar-refractivity contribution < 1.29 is 14.3 Å². The molecule has 0 saturated carbocycles. The molecule has 1 heterocycles. The van der Waals surface area contributed by atoms with E-state index in [1.165, 1.54) is 0 Å². The summed E-state index contributed by atoms with van der Waals surface area (Å²) in [5.74, 6) is 0. The van der Waals surface area contributed by atoms with Crippen LogP contribution in [0.2, 0.25) is 0 Å². The van der Waals surface area contributed by atoms with Crippen LogP contribution in [0, 0.1) is 6.92 Å². The Balaban J connectivity index is 2.18. The molecule has 0 aliphatic carbocycles. The van der Waals surface area contributed by atoms with Crippen LogP contribution >= 0.6 is 0 Å². The SMILES string of the molecule is Cc1ccc2c(c1)c(CC(C=O)NC(=O)OC(C)(C)C)cn2C. The minimum Gasteiger partial charge on any atom is -0.444 e. The summed E-state index contributed by atoms with van der Waals surface area (Å²) < 4.78 is 7.23. The molecular formula is C18H24N2O3. The lowest BCUT2D eigenvalue weighted by molar-refractivity contribution is -0.109. The molecule has 0 fully saturated rings. The average Bonchev–Trinajstić information content (AvgIpc) is 2.72. The van der Waals surface area contributed by atoms with Gasteiger partial charge >= 0.3 is 6.09 Å². The lowest BCUT2D eigenvalue weighted by Crippen LogP contribution is -2.41. The lowest BCUT2D eigenvalue weighted by Gasteiger charge is -2.21. The Bertz CT molecular complexity index is 726. The monoisotopic (exact) mass is 316 g/mol. The zero-order valence-corrected chi connectivity index (χ0v) is 14.3. The van der Waals surface area contributed by atoms with Gasteiger partial charge in [-0.25, -0.2) is 4.79 Å². The van der Waals surface area contributed by atoms with Gasteiger partial charge in [0.25, 0.3) is 0 Å². The number of amides is 1. The molecule has 1 aromatic carbocycles. The van der Waals surface area contributed by atoms with Crippen LogP contribution in [0.15, 0.2) is 24.4 Å². The molecule has 5 heteroatoms. The fraction of sp³-hybridized carbons (Fsp3) is 0.444. The Kier molecular flexibility index (Phi) is 4.78. The van der Waals surface area contributed by atoms with Gasteiger partial charge in [-0.3, -0.25) is 0 Å². The molecule has 0 aliphatic rings. The molecule has 1 amide bonds. The number of hydrogen-bond acceptors (Lipinski definition) is 3. The second-order valence-electron chi connectivity index (χ2n) is 6.88. The maximum Gasteiger partial charge on any atom is 0.408 e. The molecule has 1 atom stereocenters. The molecule has 5 nitrogen and oxygen atoms in total. The molecule has 0 saturated heterocycles. The van der Waals surface area contributed by atoms with Crippen LogP contribution in [0.3, 0.4) is 0 Å². The molecule has 1 aromatic heterocycles. The van der Waals surface area contributed by atoms with Crippen LogP contribution < -0.4 is 5.32 Å². The number of aryl methyl sites for hydroxylation is 2. The Morgan fingerprint density at radius 3 is 2.70 bits per heavy atom. The van der Waals surface area contributed by atoms with Crippen molar-refractivity contribution in [3.63, 3.8) is 0 Å². The fourth-order valence-corrected chi connectivity index (χ4v) is 2.58. The summed E-state index contributed by atoms with van der Waals surface area (Å²) >= 11 is 0. The van der Waals surface area contributed by atoms with E-state index in [1.807, 2.05) is 24.7 Å². The van der Waals surface area contributed by atoms with Crippen molar-refractivity contribution in [1.82, 2.24) is 9.88 Å². The Morgan fingerprint density at radius 2 is 2.09 bits per heavy atom. The number of rotatable bonds is 4. The topological polar surface area (TPSA) is 60.3 Å². The first kappa shape index (κ1) is 17.1. The fourth-order valence-electron chi connectivity index (χ4n) is 2.58. The standard InChI is InChI=1S/C18H24N2O3/c1-12-6-7-16-15(8-12)13(10-20(16)5)9-14(11-21)19-17(22)23-18(2,3)4/h6-8,10-11,14H,9H2,1-5H3,(H,19,22). The number of hydrogen-bond donors (Lipinski definition) is 1. The molecular weight excluding hydrogens is 292 g/mol. The van der Waals surface area contributed by atoms with E-state index in [0.29, 0.717) is 6.42 Å². The minimum absolute atomic E-state index is 0.434. The Labute approximate surface area is 136 Å². The number of aldehydes is 1. The molecule has 0 radical (unpaired) electrons. The van der Waals surface area contributed by atoms with Crippen LogP contribution in [0.1, 0.15) is 31.9 Å². The Hall–Kier alpha value is -2.30. The first-order chi connectivity index (χ1) is 10.7. The number of aromatic nitrogens is 1. The molecule has 124 valence electrons. The van der Waals surface area contributed by atoms with Gasteiger partial charge < -0.3 is 19.4 Å². The van der Waals surface area contributed by atoms with E-state index in [1.54, 1.807) is 20.8 Å². The minimum atomic E-state index is -0.615. The molecule has 0 aliphatic heterocycles. The maximum atomic E-state index is 11.8. The van der Waals surface area contributed by atoms with Gasteiger partial charge in [-0.2, -0.15) is 0 Å². The third-order valence-electron chi connectivity index (χ3n) is 3.53. The van der Waals surface area contributed by atoms with Gasteiger partial charge in [-0.1, -0.05) is 11.6 Å². The van der Waals surface area contributed by atoms with Crippen LogP contribution in [0.4, 0.5) is 4.79 Å². The van der Waals surface area contributed by atoms with E-state index in [0.717, 1.165) is 28.3 Å². The third kappa shape index (κ3) is 4.34. The summed E-state index contributed by atoms with van der Waals surface area (Å²) in [5, 5.41) is 3.72. The number of benzene rings is 1. The normalized spacial score (nSPS) is 12.9. The van der Waals surface area contributed by atoms with Crippen LogP contribution in [-0.2, 0) is 23.0 Å². The van der Waals surface area contributed by atoms with Crippen molar-refractivity contribution in [3.05, 3.63) is 35.5 Å². The van der Waals surface area contributed by atoms with Gasteiger partial charge in [-0.15, -0.1) is 0 Å². The van der Waals surface area contributed by atoms with Crippen molar-refractivity contribution in [3.8, 4) is 0 Å². The number of nitrogens with one attached hydrogen (secondary N) is 1. The molecule has 1 unspecified atom stereocenters. The van der Waals surface area contributed by atoms with E-state index in [9.17, 15) is 9.59 Å². The molecule has 2 rings (SSSR count). The molecule has 1 N–H and O–H groups in total. The predicted molar refractivity (Wildman–Crippen MR) is 90.6 cm³/mol. The quantitative estimate of drug-likeness (QED) is 0.882. The highest BCUT2D eigenvalue weighted by atomic mass is 16.6. The summed E-state index contributed by atoms with van der Waals surface area (Å²) in [6, 6.07) is 5.60. The van der Waals surface area contributed by atoms with Crippen LogP contribution in [0.5, 0.6) is 0 Å². The van der Waals surface area contributed by atoms with Gasteiger partial charge in [0.05, 0.1) is 6.04 Å². The highest BCUT2D eigenvalue weighted by Gasteiger charge is 2.20. The average molecular weight is 316 g/mol. The predicted octanol–water partition coefficient (Wildman–Crippen LogP) is 3.12. The van der Waals surface area contributed by atoms with E-state index < -0.39 is 17.7 Å². The second kappa shape index (κ2) is 6.44. The molecule has 0 bridgehead atoms. The van der Waals surface area contributed by atoms with Crippen molar-refractivity contribution in [2.45, 2.75) is 45.8 Å². The number of carbonyl (C=O) groups is 2. The number of alkyl carbamates (subject to hydrolysis) is 1. The first-order valence-corrected chi connectivity index (χ1v) is 7.69. The van der Waals surface area contributed by atoms with Crippen molar-refractivity contribution >= 4 is 23.3 Å². The van der Waals surface area contributed by atoms with Gasteiger partial charge in [0.2, 0.25) is 0 Å². The van der Waals surface area contributed by atoms with Crippen molar-refractivity contribution in [2.24, 2.45) is 7.05 Å². The van der Waals surface area contributed by atoms with Crippen molar-refractivity contribution in [2.75, 3.05) is 0 Å². The van der Waals surface area contributed by atoms with E-state index >= 15 is 0 Å². The second-order valence-corrected chi connectivity index (χ2v) is 6.88. The van der Waals surface area contributed by atoms with Crippen LogP contribution in [-0.4, -0.2) is 28.6 Å². The number of fused-ring (bicyclic) bond motifs is 1. The first-order valence-electron chi connectivity index (χ1n) is 7.69. The van der Waals surface area contributed by atoms with E-state index in [-0.39, 0.29) is 0 Å². The number of nitrogens with zero attached hydrogens (tertiary/aromatic N) is 1. The number of ether oxygens (including phenoxy) is 1. The largest absolute Gasteiger partial charge is 0.444 e. The summed E-state index contributed by atoms with van der Waals surface area (Å²) in [6.45, 7) is 7.40. The molecule has 2 aromatic rings. The van der Waals surface area contributed by atoms with Gasteiger partial charge in [0, 0.05) is 30.6 Å². The Morgan fingerprint density at radius 1 is 1.39 bits per heavy atom. The number of carbonyl (C=O) groups excluding carboxylic acids is 2. The summed E-state index contributed by atoms with van der Waals surface area (Å²) in [4.78, 5) is 23.2. The van der Waals surface area contributed by atoms with E-state index in [2.05, 4.69) is 23.5 Å². The maximum absolute atomic E-state index is 11.8. The zero-order chi connectivity index (χ0) is 17.2. The summed E-state index contributed by atoms with van der Waals surface area (Å²) in [5.41, 5.74) is 2.70. The van der Waals surface area contributed by atoms with Gasteiger partial charge in [0.15, 0.2) is 0 Å². The molecule has 23 heavy (non-hydrogen) atoms.